The molecule has 0 bridgehead atoms. The monoisotopic (exact) mass is 361 g/mol. The summed E-state index contributed by atoms with van der Waals surface area (Å²) in [6.45, 7) is 8.60. The number of anilines is 1. The molecule has 5 nitrogen and oxygen atoms in total. The van der Waals surface area contributed by atoms with Gasteiger partial charge < -0.3 is 9.88 Å². The summed E-state index contributed by atoms with van der Waals surface area (Å²) in [7, 11) is 0. The second-order valence-electron chi connectivity index (χ2n) is 7.87. The third-order valence-electron chi connectivity index (χ3n) is 6.05. The Labute approximate surface area is 160 Å². The summed E-state index contributed by atoms with van der Waals surface area (Å²) in [4.78, 5) is 10.2. The lowest BCUT2D eigenvalue weighted by Gasteiger charge is -2.39. The maximum Gasteiger partial charge on any atom is 0.154 e. The number of aromatic nitrogens is 4. The van der Waals surface area contributed by atoms with Crippen molar-refractivity contribution in [3.05, 3.63) is 70.9 Å². The molecule has 0 aliphatic carbocycles. The first-order valence-corrected chi connectivity index (χ1v) is 9.68. The zero-order chi connectivity index (χ0) is 18.9. The number of piperidine rings is 1. The number of H-pyrrole nitrogens is 1. The van der Waals surface area contributed by atoms with Gasteiger partial charge in [0.05, 0.1) is 5.69 Å². The molecule has 3 heterocycles. The molecule has 1 aromatic carbocycles. The molecule has 0 unspecified atom stereocenters. The molecule has 1 N–H and O–H groups in total. The van der Waals surface area contributed by atoms with E-state index in [0.717, 1.165) is 49.7 Å². The fourth-order valence-electron chi connectivity index (χ4n) is 3.94. The molecular weight excluding hydrogens is 334 g/mol. The number of hydrogen-bond donors (Lipinski definition) is 1. The number of rotatable bonds is 4. The normalized spacial score (nSPS) is 16.5. The molecule has 1 saturated heterocycles. The predicted octanol–water partition coefficient (Wildman–Crippen LogP) is 3.97. The van der Waals surface area contributed by atoms with Gasteiger partial charge in [-0.15, -0.1) is 5.10 Å². The zero-order valence-electron chi connectivity index (χ0n) is 16.4. The third kappa shape index (κ3) is 3.46. The van der Waals surface area contributed by atoms with Crippen LogP contribution in [0.3, 0.4) is 0 Å². The molecule has 5 heteroatoms. The van der Waals surface area contributed by atoms with Crippen LogP contribution in [0.2, 0.25) is 0 Å². The lowest BCUT2D eigenvalue weighted by molar-refractivity contribution is 0.344. The van der Waals surface area contributed by atoms with Crippen molar-refractivity contribution in [2.75, 3.05) is 18.0 Å². The first-order chi connectivity index (χ1) is 13.1. The van der Waals surface area contributed by atoms with Crippen LogP contribution < -0.4 is 4.90 Å². The minimum Gasteiger partial charge on any atom is -0.355 e. The van der Waals surface area contributed by atoms with Gasteiger partial charge in [-0.2, -0.15) is 5.10 Å². The molecule has 0 atom stereocenters. The number of hydrogen-bond acceptors (Lipinski definition) is 4. The van der Waals surface area contributed by atoms with Crippen LogP contribution in [0, 0.1) is 13.8 Å². The molecule has 1 aliphatic rings. The van der Waals surface area contributed by atoms with E-state index in [9.17, 15) is 0 Å². The van der Waals surface area contributed by atoms with Crippen molar-refractivity contribution < 1.29 is 0 Å². The van der Waals surface area contributed by atoms with E-state index in [1.165, 1.54) is 16.7 Å². The molecule has 27 heavy (non-hydrogen) atoms. The van der Waals surface area contributed by atoms with E-state index in [1.807, 2.05) is 18.5 Å². The predicted molar refractivity (Wildman–Crippen MR) is 108 cm³/mol. The minimum atomic E-state index is 0.115. The van der Waals surface area contributed by atoms with Gasteiger partial charge in [0.25, 0.3) is 0 Å². The molecule has 0 spiro atoms. The number of imidazole rings is 1. The van der Waals surface area contributed by atoms with E-state index in [-0.39, 0.29) is 5.41 Å². The maximum atomic E-state index is 4.62. The molecule has 0 saturated carbocycles. The van der Waals surface area contributed by atoms with Gasteiger partial charge in [-0.25, -0.2) is 4.98 Å². The van der Waals surface area contributed by atoms with Gasteiger partial charge in [-0.1, -0.05) is 37.3 Å². The summed E-state index contributed by atoms with van der Waals surface area (Å²) < 4.78 is 0. The van der Waals surface area contributed by atoms with E-state index in [1.54, 1.807) is 0 Å². The fraction of sp³-hybridized carbons (Fsp3) is 0.409. The van der Waals surface area contributed by atoms with Crippen molar-refractivity contribution in [2.45, 2.75) is 45.4 Å². The summed E-state index contributed by atoms with van der Waals surface area (Å²) in [6.07, 6.45) is 6.71. The van der Waals surface area contributed by atoms with E-state index < -0.39 is 0 Å². The first-order valence-electron chi connectivity index (χ1n) is 9.68. The highest BCUT2D eigenvalue weighted by Gasteiger charge is 2.34. The number of nitrogens with zero attached hydrogens (tertiary/aromatic N) is 4. The quantitative estimate of drug-likeness (QED) is 0.764. The van der Waals surface area contributed by atoms with Crippen molar-refractivity contribution in [1.29, 1.82) is 0 Å². The number of aromatic amines is 1. The molecule has 4 rings (SSSR count). The van der Waals surface area contributed by atoms with Crippen molar-refractivity contribution in [3.8, 4) is 0 Å². The Morgan fingerprint density at radius 2 is 1.78 bits per heavy atom. The summed E-state index contributed by atoms with van der Waals surface area (Å²) in [6, 6.07) is 10.5. The van der Waals surface area contributed by atoms with Gasteiger partial charge >= 0.3 is 0 Å². The number of nitrogens with one attached hydrogen (secondary N) is 1. The highest BCUT2D eigenvalue weighted by molar-refractivity contribution is 5.51. The Morgan fingerprint density at radius 3 is 2.44 bits per heavy atom. The van der Waals surface area contributed by atoms with Crippen LogP contribution in [-0.2, 0) is 11.8 Å². The smallest absolute Gasteiger partial charge is 0.154 e. The third-order valence-corrected chi connectivity index (χ3v) is 6.05. The van der Waals surface area contributed by atoms with Crippen LogP contribution in [0.15, 0.2) is 42.7 Å². The first kappa shape index (κ1) is 17.7. The SMILES string of the molecule is Cc1c(Cc2ccccc2)nnc(N2CCC(C)(c3ncc[nH]3)CC2)c1C. The summed E-state index contributed by atoms with van der Waals surface area (Å²) in [5.41, 5.74) is 4.96. The van der Waals surface area contributed by atoms with Crippen LogP contribution in [0.1, 0.15) is 48.0 Å². The zero-order valence-corrected chi connectivity index (χ0v) is 16.4. The lowest BCUT2D eigenvalue weighted by Crippen LogP contribution is -2.42. The van der Waals surface area contributed by atoms with Gasteiger partial charge in [0, 0.05) is 37.3 Å². The second kappa shape index (κ2) is 7.14. The van der Waals surface area contributed by atoms with Crippen LogP contribution in [0.25, 0.3) is 0 Å². The van der Waals surface area contributed by atoms with Crippen LogP contribution in [0.5, 0.6) is 0 Å². The van der Waals surface area contributed by atoms with E-state index in [0.29, 0.717) is 0 Å². The molecule has 0 amide bonds. The van der Waals surface area contributed by atoms with Crippen LogP contribution in [0.4, 0.5) is 5.82 Å². The Hall–Kier alpha value is -2.69. The molecular formula is C22H27N5. The Balaban J connectivity index is 1.51. The van der Waals surface area contributed by atoms with Gasteiger partial charge in [-0.3, -0.25) is 0 Å². The number of benzene rings is 1. The fourth-order valence-corrected chi connectivity index (χ4v) is 3.94. The van der Waals surface area contributed by atoms with Crippen LogP contribution >= 0.6 is 0 Å². The van der Waals surface area contributed by atoms with Crippen molar-refractivity contribution >= 4 is 5.82 Å². The average molecular weight is 361 g/mol. The highest BCUT2D eigenvalue weighted by atomic mass is 15.3. The Morgan fingerprint density at radius 1 is 1.04 bits per heavy atom. The molecule has 1 fully saturated rings. The molecule has 1 aliphatic heterocycles. The molecule has 0 radical (unpaired) electrons. The van der Waals surface area contributed by atoms with Crippen molar-refractivity contribution in [3.63, 3.8) is 0 Å². The molecule has 3 aromatic rings. The van der Waals surface area contributed by atoms with Crippen molar-refractivity contribution in [2.24, 2.45) is 0 Å². The van der Waals surface area contributed by atoms with Gasteiger partial charge in [0.15, 0.2) is 5.82 Å². The van der Waals surface area contributed by atoms with Gasteiger partial charge in [0.1, 0.15) is 5.82 Å². The van der Waals surface area contributed by atoms with Gasteiger partial charge in [-0.05, 0) is 43.4 Å². The Bertz CT molecular complexity index is 894. The topological polar surface area (TPSA) is 57.7 Å². The average Bonchev–Trinajstić information content (AvgIpc) is 3.23. The maximum absolute atomic E-state index is 4.62. The Kier molecular flexibility index (Phi) is 4.68. The second-order valence-corrected chi connectivity index (χ2v) is 7.87. The standard InChI is InChI=1S/C22H27N5/c1-16-17(2)20(26-25-19(16)15-18-7-5-4-6-8-18)27-13-9-22(3,10-14-27)21-23-11-12-24-21/h4-8,11-12H,9-10,13-15H2,1-3H3,(H,23,24). The van der Waals surface area contributed by atoms with E-state index in [2.05, 4.69) is 70.1 Å². The lowest BCUT2D eigenvalue weighted by atomic mass is 9.79. The minimum absolute atomic E-state index is 0.115. The highest BCUT2D eigenvalue weighted by Crippen LogP contribution is 2.35. The largest absolute Gasteiger partial charge is 0.355 e. The van der Waals surface area contributed by atoms with Crippen LogP contribution in [-0.4, -0.2) is 33.3 Å². The van der Waals surface area contributed by atoms with Gasteiger partial charge in [0.2, 0.25) is 0 Å². The van der Waals surface area contributed by atoms with E-state index in [4.69, 9.17) is 0 Å². The molecule has 140 valence electrons. The summed E-state index contributed by atoms with van der Waals surface area (Å²) >= 11 is 0. The van der Waals surface area contributed by atoms with Crippen molar-refractivity contribution in [1.82, 2.24) is 20.2 Å². The summed E-state index contributed by atoms with van der Waals surface area (Å²) in [5.74, 6) is 2.13. The summed E-state index contributed by atoms with van der Waals surface area (Å²) in [5, 5.41) is 9.21. The molecule has 2 aromatic heterocycles. The van der Waals surface area contributed by atoms with E-state index >= 15 is 0 Å².